The van der Waals surface area contributed by atoms with Gasteiger partial charge in [-0.15, -0.1) is 0 Å². The van der Waals surface area contributed by atoms with E-state index in [1.807, 2.05) is 0 Å². The normalized spacial score (nSPS) is 10.3. The molecule has 0 fully saturated rings. The van der Waals surface area contributed by atoms with Gasteiger partial charge in [0.05, 0.1) is 0 Å². The van der Waals surface area contributed by atoms with E-state index in [1.54, 1.807) is 60.7 Å². The van der Waals surface area contributed by atoms with Gasteiger partial charge in [0, 0.05) is 22.6 Å². The van der Waals surface area contributed by atoms with Gasteiger partial charge >= 0.3 is 11.9 Å². The van der Waals surface area contributed by atoms with Gasteiger partial charge in [-0.2, -0.15) is 0 Å². The van der Waals surface area contributed by atoms with E-state index in [0.29, 0.717) is 22.6 Å². The van der Waals surface area contributed by atoms with Crippen molar-refractivity contribution in [3.8, 4) is 0 Å². The Morgan fingerprint density at radius 2 is 0.967 bits per heavy atom. The van der Waals surface area contributed by atoms with E-state index < -0.39 is 11.9 Å². The van der Waals surface area contributed by atoms with Crippen molar-refractivity contribution in [2.75, 3.05) is 24.7 Å². The predicted octanol–water partition coefficient (Wildman–Crippen LogP) is 4.00. The maximum Gasteiger partial charge on any atom is 0.313 e. The van der Waals surface area contributed by atoms with Crippen LogP contribution in [0, 0.1) is 0 Å². The number of benzene rings is 2. The number of Topliss-reactive ketones (excluding diaryl/α,β-unsaturated/α-hetero) is 2. The molecule has 0 aromatic heterocycles. The van der Waals surface area contributed by atoms with Crippen molar-refractivity contribution in [2.45, 2.75) is 12.8 Å². The number of carbonyl (C=O) groups excluding carboxylic acids is 4. The SMILES string of the molecule is O=C(CC(=O)c1ccccc1)OCCSSCCOC(=O)CC(=O)c1ccccc1. The highest BCUT2D eigenvalue weighted by Crippen LogP contribution is 2.20. The zero-order valence-electron chi connectivity index (χ0n) is 16.3. The second-order valence-corrected chi connectivity index (χ2v) is 8.72. The number of carbonyl (C=O) groups is 4. The van der Waals surface area contributed by atoms with Crippen LogP contribution in [-0.2, 0) is 19.1 Å². The molecule has 158 valence electrons. The average molecular weight is 447 g/mol. The third-order valence-corrected chi connectivity index (χ3v) is 6.08. The summed E-state index contributed by atoms with van der Waals surface area (Å²) in [6.07, 6.45) is -0.557. The Balaban J connectivity index is 1.47. The smallest absolute Gasteiger partial charge is 0.313 e. The van der Waals surface area contributed by atoms with E-state index in [2.05, 4.69) is 0 Å². The molecule has 0 N–H and O–H groups in total. The summed E-state index contributed by atoms with van der Waals surface area (Å²) in [4.78, 5) is 47.2. The average Bonchev–Trinajstić information content (AvgIpc) is 2.76. The molecular formula is C22H22O6S2. The van der Waals surface area contributed by atoms with Crippen LogP contribution in [0.2, 0.25) is 0 Å². The van der Waals surface area contributed by atoms with Crippen LogP contribution in [-0.4, -0.2) is 48.2 Å². The topological polar surface area (TPSA) is 86.7 Å². The van der Waals surface area contributed by atoms with Crippen LogP contribution in [0.3, 0.4) is 0 Å². The van der Waals surface area contributed by atoms with Crippen molar-refractivity contribution in [1.29, 1.82) is 0 Å². The van der Waals surface area contributed by atoms with Crippen LogP contribution < -0.4 is 0 Å². The minimum Gasteiger partial charge on any atom is -0.464 e. The summed E-state index contributed by atoms with van der Waals surface area (Å²) in [5.41, 5.74) is 0.971. The first kappa shape index (κ1) is 23.7. The molecule has 0 aliphatic carbocycles. The zero-order chi connectivity index (χ0) is 21.6. The summed E-state index contributed by atoms with van der Waals surface area (Å²) in [5, 5.41) is 0. The summed E-state index contributed by atoms with van der Waals surface area (Å²) < 4.78 is 10.1. The van der Waals surface area contributed by atoms with Gasteiger partial charge in [0.25, 0.3) is 0 Å². The van der Waals surface area contributed by atoms with E-state index in [4.69, 9.17) is 9.47 Å². The standard InChI is InChI=1S/C22H22O6S2/c23-19(17-7-3-1-4-8-17)15-21(25)27-11-13-29-30-14-12-28-22(26)16-20(24)18-9-5-2-6-10-18/h1-10H,11-16H2. The molecule has 0 aliphatic rings. The fourth-order valence-electron chi connectivity index (χ4n) is 2.31. The Labute approximate surface area is 183 Å². The lowest BCUT2D eigenvalue weighted by Gasteiger charge is -2.06. The summed E-state index contributed by atoms with van der Waals surface area (Å²) in [7, 11) is 2.94. The number of rotatable bonds is 13. The van der Waals surface area contributed by atoms with E-state index in [0.717, 1.165) is 0 Å². The quantitative estimate of drug-likeness (QED) is 0.150. The number of hydrogen-bond acceptors (Lipinski definition) is 8. The Kier molecular flexibility index (Phi) is 10.7. The minimum absolute atomic E-state index is 0.198. The number of esters is 2. The molecule has 0 amide bonds. The molecular weight excluding hydrogens is 424 g/mol. The second-order valence-electron chi connectivity index (χ2n) is 6.02. The summed E-state index contributed by atoms with van der Waals surface area (Å²) >= 11 is 0. The van der Waals surface area contributed by atoms with Gasteiger partial charge in [0.1, 0.15) is 26.1 Å². The third-order valence-electron chi connectivity index (χ3n) is 3.74. The van der Waals surface area contributed by atoms with Gasteiger partial charge in [0.15, 0.2) is 11.6 Å². The van der Waals surface area contributed by atoms with Gasteiger partial charge in [-0.1, -0.05) is 82.3 Å². The number of ether oxygens (including phenoxy) is 2. The Morgan fingerprint density at radius 3 is 1.33 bits per heavy atom. The molecule has 0 spiro atoms. The van der Waals surface area contributed by atoms with Gasteiger partial charge in [-0.25, -0.2) is 0 Å². The van der Waals surface area contributed by atoms with Crippen molar-refractivity contribution in [3.05, 3.63) is 71.8 Å². The number of ketones is 2. The monoisotopic (exact) mass is 446 g/mol. The van der Waals surface area contributed by atoms with Gasteiger partial charge < -0.3 is 9.47 Å². The maximum absolute atomic E-state index is 11.9. The number of hydrogen-bond donors (Lipinski definition) is 0. The van der Waals surface area contributed by atoms with Crippen LogP contribution in [0.15, 0.2) is 60.7 Å². The molecule has 30 heavy (non-hydrogen) atoms. The van der Waals surface area contributed by atoms with Crippen LogP contribution in [0.4, 0.5) is 0 Å². The van der Waals surface area contributed by atoms with E-state index in [9.17, 15) is 19.2 Å². The lowest BCUT2D eigenvalue weighted by atomic mass is 10.1. The highest BCUT2D eigenvalue weighted by atomic mass is 33.1. The van der Waals surface area contributed by atoms with Crippen molar-refractivity contribution < 1.29 is 28.7 Å². The first-order valence-electron chi connectivity index (χ1n) is 9.28. The molecule has 8 heteroatoms. The highest BCUT2D eigenvalue weighted by molar-refractivity contribution is 8.76. The molecule has 0 heterocycles. The van der Waals surface area contributed by atoms with Gasteiger partial charge in [-0.3, -0.25) is 19.2 Å². The lowest BCUT2D eigenvalue weighted by Crippen LogP contribution is -2.13. The first-order valence-corrected chi connectivity index (χ1v) is 11.8. The van der Waals surface area contributed by atoms with E-state index in [-0.39, 0.29) is 37.6 Å². The summed E-state index contributed by atoms with van der Waals surface area (Å²) in [6, 6.07) is 17.2. The molecule has 2 aromatic rings. The molecule has 0 aliphatic heterocycles. The highest BCUT2D eigenvalue weighted by Gasteiger charge is 2.13. The zero-order valence-corrected chi connectivity index (χ0v) is 17.9. The van der Waals surface area contributed by atoms with Crippen LogP contribution in [0.5, 0.6) is 0 Å². The molecule has 6 nitrogen and oxygen atoms in total. The first-order chi connectivity index (χ1) is 14.6. The van der Waals surface area contributed by atoms with Crippen molar-refractivity contribution >= 4 is 45.1 Å². The van der Waals surface area contributed by atoms with E-state index >= 15 is 0 Å². The van der Waals surface area contributed by atoms with Gasteiger partial charge in [0.2, 0.25) is 0 Å². The molecule has 2 aromatic carbocycles. The molecule has 0 radical (unpaired) electrons. The Bertz CT molecular complexity index is 768. The van der Waals surface area contributed by atoms with Crippen LogP contribution >= 0.6 is 21.6 Å². The Morgan fingerprint density at radius 1 is 0.600 bits per heavy atom. The van der Waals surface area contributed by atoms with Crippen molar-refractivity contribution in [1.82, 2.24) is 0 Å². The van der Waals surface area contributed by atoms with Crippen LogP contribution in [0.25, 0.3) is 0 Å². The molecule has 0 atom stereocenters. The van der Waals surface area contributed by atoms with Crippen molar-refractivity contribution in [3.63, 3.8) is 0 Å². The molecule has 0 unspecified atom stereocenters. The Hall–Kier alpha value is -2.58. The van der Waals surface area contributed by atoms with Gasteiger partial charge in [-0.05, 0) is 0 Å². The maximum atomic E-state index is 11.9. The molecule has 0 saturated heterocycles. The fourth-order valence-corrected chi connectivity index (χ4v) is 3.97. The van der Waals surface area contributed by atoms with E-state index in [1.165, 1.54) is 21.6 Å². The third kappa shape index (κ3) is 9.28. The molecule has 0 saturated carbocycles. The summed E-state index contributed by atoms with van der Waals surface area (Å²) in [5.74, 6) is -0.532. The predicted molar refractivity (Wildman–Crippen MR) is 118 cm³/mol. The minimum atomic E-state index is -0.550. The lowest BCUT2D eigenvalue weighted by molar-refractivity contribution is -0.142. The molecule has 0 bridgehead atoms. The second kappa shape index (κ2) is 13.6. The van der Waals surface area contributed by atoms with Crippen molar-refractivity contribution in [2.24, 2.45) is 0 Å². The molecule has 2 rings (SSSR count). The summed E-state index contributed by atoms with van der Waals surface area (Å²) in [6.45, 7) is 0.397. The fraction of sp³-hybridized carbons (Fsp3) is 0.273. The largest absolute Gasteiger partial charge is 0.464 e. The van der Waals surface area contributed by atoms with Crippen LogP contribution in [0.1, 0.15) is 33.6 Å².